The van der Waals surface area contributed by atoms with Gasteiger partial charge in [0.05, 0.1) is 19.8 Å². The van der Waals surface area contributed by atoms with Crippen LogP contribution < -0.4 is 10.5 Å². The molecule has 18 heavy (non-hydrogen) atoms. The molecule has 0 bridgehead atoms. The zero-order chi connectivity index (χ0) is 13.0. The highest BCUT2D eigenvalue weighted by molar-refractivity contribution is 9.10. The first-order chi connectivity index (χ1) is 8.72. The molecule has 1 aromatic rings. The maximum absolute atomic E-state index is 5.65. The maximum Gasteiger partial charge on any atom is 0.119 e. The second-order valence-electron chi connectivity index (χ2n) is 4.42. The molecule has 0 saturated carbocycles. The van der Waals surface area contributed by atoms with Crippen LogP contribution in [0, 0.1) is 0 Å². The molecule has 4 nitrogen and oxygen atoms in total. The minimum Gasteiger partial charge on any atom is -0.497 e. The van der Waals surface area contributed by atoms with Crippen LogP contribution >= 0.6 is 15.9 Å². The lowest BCUT2D eigenvalue weighted by molar-refractivity contribution is -0.0261. The number of benzene rings is 1. The Labute approximate surface area is 116 Å². The van der Waals surface area contributed by atoms with Gasteiger partial charge in [-0.2, -0.15) is 0 Å². The van der Waals surface area contributed by atoms with Crippen LogP contribution in [0.15, 0.2) is 22.7 Å². The fourth-order valence-electron chi connectivity index (χ4n) is 2.11. The third kappa shape index (κ3) is 3.45. The first-order valence-electron chi connectivity index (χ1n) is 6.09. The molecule has 5 heteroatoms. The minimum absolute atomic E-state index is 0.156. The molecule has 0 spiro atoms. The van der Waals surface area contributed by atoms with Crippen molar-refractivity contribution in [2.45, 2.75) is 12.6 Å². The van der Waals surface area contributed by atoms with E-state index in [1.807, 2.05) is 12.1 Å². The van der Waals surface area contributed by atoms with Gasteiger partial charge in [-0.15, -0.1) is 0 Å². The normalized spacial score (nSPS) is 20.9. The first-order valence-corrected chi connectivity index (χ1v) is 6.88. The number of ether oxygens (including phenoxy) is 2. The van der Waals surface area contributed by atoms with E-state index in [-0.39, 0.29) is 6.10 Å². The fraction of sp³-hybridized carbons (Fsp3) is 0.538. The van der Waals surface area contributed by atoms with E-state index >= 15 is 0 Å². The van der Waals surface area contributed by atoms with Crippen LogP contribution in [0.2, 0.25) is 0 Å². The van der Waals surface area contributed by atoms with E-state index in [9.17, 15) is 0 Å². The summed E-state index contributed by atoms with van der Waals surface area (Å²) in [6.45, 7) is 4.05. The van der Waals surface area contributed by atoms with Gasteiger partial charge in [-0.25, -0.2) is 0 Å². The van der Waals surface area contributed by atoms with Gasteiger partial charge in [-0.1, -0.05) is 15.9 Å². The molecule has 1 aliphatic heterocycles. The van der Waals surface area contributed by atoms with Crippen molar-refractivity contribution in [1.29, 1.82) is 0 Å². The Morgan fingerprint density at radius 2 is 2.39 bits per heavy atom. The third-order valence-electron chi connectivity index (χ3n) is 3.13. The van der Waals surface area contributed by atoms with Gasteiger partial charge >= 0.3 is 0 Å². The van der Waals surface area contributed by atoms with Crippen molar-refractivity contribution in [3.05, 3.63) is 28.2 Å². The van der Waals surface area contributed by atoms with E-state index in [1.54, 1.807) is 7.11 Å². The lowest BCUT2D eigenvalue weighted by Gasteiger charge is -2.32. The minimum atomic E-state index is 0.156. The molecule has 0 radical (unpaired) electrons. The maximum atomic E-state index is 5.65. The number of hydrogen-bond acceptors (Lipinski definition) is 4. The number of methoxy groups -OCH3 is 1. The average Bonchev–Trinajstić information content (AvgIpc) is 2.41. The van der Waals surface area contributed by atoms with E-state index in [0.717, 1.165) is 36.5 Å². The predicted molar refractivity (Wildman–Crippen MR) is 74.8 cm³/mol. The summed E-state index contributed by atoms with van der Waals surface area (Å²) in [6.07, 6.45) is 0.156. The molecule has 1 saturated heterocycles. The molecule has 0 amide bonds. The Hall–Kier alpha value is -0.620. The molecule has 0 aromatic heterocycles. The van der Waals surface area contributed by atoms with Crippen LogP contribution in [0.5, 0.6) is 5.75 Å². The number of nitrogens with zero attached hydrogens (tertiary/aromatic N) is 1. The van der Waals surface area contributed by atoms with Crippen LogP contribution in [0.4, 0.5) is 0 Å². The van der Waals surface area contributed by atoms with Crippen molar-refractivity contribution < 1.29 is 9.47 Å². The standard InChI is InChI=1S/C13H19BrN2O2/c1-17-11-2-3-13(14)10(6-11)8-16-4-5-18-12(7-15)9-16/h2-3,6,12H,4-5,7-9,15H2,1H3. The smallest absolute Gasteiger partial charge is 0.119 e. The quantitative estimate of drug-likeness (QED) is 0.917. The first kappa shape index (κ1) is 13.8. The SMILES string of the molecule is COc1ccc(Br)c(CN2CCOC(CN)C2)c1. The van der Waals surface area contributed by atoms with E-state index < -0.39 is 0 Å². The summed E-state index contributed by atoms with van der Waals surface area (Å²) < 4.78 is 11.9. The van der Waals surface area contributed by atoms with Crippen LogP contribution in [0.25, 0.3) is 0 Å². The van der Waals surface area contributed by atoms with E-state index in [2.05, 4.69) is 26.9 Å². The van der Waals surface area contributed by atoms with Gasteiger partial charge in [0.1, 0.15) is 5.75 Å². The molecule has 1 fully saturated rings. The monoisotopic (exact) mass is 314 g/mol. The molecule has 0 aliphatic carbocycles. The highest BCUT2D eigenvalue weighted by Crippen LogP contribution is 2.24. The second kappa shape index (κ2) is 6.52. The van der Waals surface area contributed by atoms with Gasteiger partial charge in [0.25, 0.3) is 0 Å². The number of halogens is 1. The third-order valence-corrected chi connectivity index (χ3v) is 3.91. The van der Waals surface area contributed by atoms with Crippen molar-refractivity contribution in [3.63, 3.8) is 0 Å². The Kier molecular flexibility index (Phi) is 5.00. The number of hydrogen-bond donors (Lipinski definition) is 1. The van der Waals surface area contributed by atoms with Gasteiger partial charge in [0.15, 0.2) is 0 Å². The van der Waals surface area contributed by atoms with Gasteiger partial charge in [0.2, 0.25) is 0 Å². The molecule has 2 rings (SSSR count). The second-order valence-corrected chi connectivity index (χ2v) is 5.28. The topological polar surface area (TPSA) is 47.7 Å². The van der Waals surface area contributed by atoms with E-state index in [4.69, 9.17) is 15.2 Å². The summed E-state index contributed by atoms with van der Waals surface area (Å²) in [7, 11) is 1.69. The fourth-order valence-corrected chi connectivity index (χ4v) is 2.48. The Bertz CT molecular complexity index is 401. The van der Waals surface area contributed by atoms with Crippen LogP contribution in [0.1, 0.15) is 5.56 Å². The Morgan fingerprint density at radius 3 is 3.11 bits per heavy atom. The average molecular weight is 315 g/mol. The molecule has 1 aliphatic rings. The summed E-state index contributed by atoms with van der Waals surface area (Å²) in [4.78, 5) is 2.36. The zero-order valence-corrected chi connectivity index (χ0v) is 12.1. The summed E-state index contributed by atoms with van der Waals surface area (Å²) in [5.41, 5.74) is 6.88. The highest BCUT2D eigenvalue weighted by Gasteiger charge is 2.19. The van der Waals surface area contributed by atoms with Crippen molar-refractivity contribution >= 4 is 15.9 Å². The molecule has 2 N–H and O–H groups in total. The molecule has 1 aromatic carbocycles. The zero-order valence-electron chi connectivity index (χ0n) is 10.6. The molecular formula is C13H19BrN2O2. The van der Waals surface area contributed by atoms with Crippen LogP contribution in [-0.2, 0) is 11.3 Å². The van der Waals surface area contributed by atoms with Crippen molar-refractivity contribution in [3.8, 4) is 5.75 Å². The summed E-state index contributed by atoms with van der Waals surface area (Å²) in [5, 5.41) is 0. The summed E-state index contributed by atoms with van der Waals surface area (Å²) >= 11 is 3.58. The van der Waals surface area contributed by atoms with Gasteiger partial charge in [0, 0.05) is 30.7 Å². The largest absolute Gasteiger partial charge is 0.497 e. The Morgan fingerprint density at radius 1 is 1.56 bits per heavy atom. The molecule has 1 heterocycles. The highest BCUT2D eigenvalue weighted by atomic mass is 79.9. The molecule has 100 valence electrons. The molecule has 1 atom stereocenters. The number of morpholine rings is 1. The number of rotatable bonds is 4. The van der Waals surface area contributed by atoms with Gasteiger partial charge in [-0.3, -0.25) is 4.90 Å². The van der Waals surface area contributed by atoms with Crippen LogP contribution in [-0.4, -0.2) is 44.4 Å². The van der Waals surface area contributed by atoms with Crippen molar-refractivity contribution in [1.82, 2.24) is 4.90 Å². The molecule has 1 unspecified atom stereocenters. The lowest BCUT2D eigenvalue weighted by atomic mass is 10.1. The Balaban J connectivity index is 2.04. The van der Waals surface area contributed by atoms with E-state index in [1.165, 1.54) is 5.56 Å². The van der Waals surface area contributed by atoms with Crippen LogP contribution in [0.3, 0.4) is 0 Å². The lowest BCUT2D eigenvalue weighted by Crippen LogP contribution is -2.45. The number of nitrogens with two attached hydrogens (primary N) is 1. The predicted octanol–water partition coefficient (Wildman–Crippen LogP) is 1.62. The van der Waals surface area contributed by atoms with Gasteiger partial charge in [-0.05, 0) is 23.8 Å². The van der Waals surface area contributed by atoms with Crippen molar-refractivity contribution in [2.24, 2.45) is 5.73 Å². The van der Waals surface area contributed by atoms with Crippen molar-refractivity contribution in [2.75, 3.05) is 33.4 Å². The molecular weight excluding hydrogens is 296 g/mol. The van der Waals surface area contributed by atoms with Gasteiger partial charge < -0.3 is 15.2 Å². The summed E-state index contributed by atoms with van der Waals surface area (Å²) in [6, 6.07) is 6.04. The van der Waals surface area contributed by atoms with E-state index in [0.29, 0.717) is 6.54 Å². The summed E-state index contributed by atoms with van der Waals surface area (Å²) in [5.74, 6) is 0.886.